The number of rotatable bonds is 5. The molecule has 19 heavy (non-hydrogen) atoms. The Morgan fingerprint density at radius 1 is 1.47 bits per heavy atom. The third-order valence-corrected chi connectivity index (χ3v) is 5.29. The third-order valence-electron chi connectivity index (χ3n) is 2.66. The van der Waals surface area contributed by atoms with Gasteiger partial charge in [-0.2, -0.15) is 0 Å². The number of sulfone groups is 1. The van der Waals surface area contributed by atoms with Crippen LogP contribution in [0.5, 0.6) is 0 Å². The highest BCUT2D eigenvalue weighted by atomic mass is 79.9. The number of nitrogens with one attached hydrogen (secondary N) is 1. The first-order valence-electron chi connectivity index (χ1n) is 5.87. The molecule has 7 heteroatoms. The summed E-state index contributed by atoms with van der Waals surface area (Å²) in [5.74, 6) is -0.510. The van der Waals surface area contributed by atoms with E-state index in [0.717, 1.165) is 6.42 Å². The fourth-order valence-electron chi connectivity index (χ4n) is 1.50. The van der Waals surface area contributed by atoms with Crippen LogP contribution in [-0.2, 0) is 14.6 Å². The lowest BCUT2D eigenvalue weighted by atomic mass is 10.3. The van der Waals surface area contributed by atoms with Crippen molar-refractivity contribution in [3.8, 4) is 0 Å². The van der Waals surface area contributed by atoms with Crippen LogP contribution in [0.1, 0.15) is 20.3 Å². The van der Waals surface area contributed by atoms with Crippen molar-refractivity contribution in [1.29, 1.82) is 0 Å². The summed E-state index contributed by atoms with van der Waals surface area (Å²) in [6, 6.07) is 4.49. The molecule has 1 amide bonds. The number of carbonyl (C=O) groups is 1. The van der Waals surface area contributed by atoms with E-state index in [-0.39, 0.29) is 10.6 Å². The molecule has 0 aliphatic heterocycles. The molecule has 1 aromatic carbocycles. The van der Waals surface area contributed by atoms with Crippen LogP contribution in [0, 0.1) is 0 Å². The molecule has 1 rings (SSSR count). The minimum atomic E-state index is -3.77. The predicted octanol–water partition coefficient (Wildman–Crippen LogP) is 1.72. The molecule has 0 bridgehead atoms. The molecule has 0 spiro atoms. The maximum Gasteiger partial charge on any atom is 0.238 e. The van der Waals surface area contributed by atoms with Crippen molar-refractivity contribution >= 4 is 37.4 Å². The van der Waals surface area contributed by atoms with Gasteiger partial charge in [-0.1, -0.05) is 22.9 Å². The van der Waals surface area contributed by atoms with E-state index in [4.69, 9.17) is 5.73 Å². The number of carbonyl (C=O) groups excluding carboxylic acids is 1. The van der Waals surface area contributed by atoms with Crippen molar-refractivity contribution in [2.75, 3.05) is 12.3 Å². The summed E-state index contributed by atoms with van der Waals surface area (Å²) in [6.45, 7) is 3.71. The van der Waals surface area contributed by atoms with Gasteiger partial charge in [0.25, 0.3) is 0 Å². The molecule has 1 aromatic rings. The Bertz CT molecular complexity index is 572. The van der Waals surface area contributed by atoms with Gasteiger partial charge < -0.3 is 11.1 Å². The van der Waals surface area contributed by atoms with E-state index >= 15 is 0 Å². The molecule has 0 radical (unpaired) electrons. The maximum absolute atomic E-state index is 12.3. The van der Waals surface area contributed by atoms with Gasteiger partial charge in [-0.15, -0.1) is 0 Å². The second-order valence-electron chi connectivity index (χ2n) is 4.16. The number of anilines is 1. The van der Waals surface area contributed by atoms with E-state index in [1.165, 1.54) is 19.1 Å². The fourth-order valence-corrected chi connectivity index (χ4v) is 3.27. The number of hydrogen-bond donors (Lipinski definition) is 2. The average Bonchev–Trinajstić information content (AvgIpc) is 2.34. The van der Waals surface area contributed by atoms with Gasteiger partial charge in [-0.05, 0) is 31.5 Å². The van der Waals surface area contributed by atoms with E-state index in [9.17, 15) is 13.2 Å². The van der Waals surface area contributed by atoms with Gasteiger partial charge in [-0.3, -0.25) is 4.79 Å². The summed E-state index contributed by atoms with van der Waals surface area (Å²) >= 11 is 3.21. The monoisotopic (exact) mass is 348 g/mol. The molecule has 3 N–H and O–H groups in total. The third kappa shape index (κ3) is 3.70. The Kier molecular flexibility index (Phi) is 5.37. The molecule has 0 saturated heterocycles. The van der Waals surface area contributed by atoms with Crippen LogP contribution >= 0.6 is 15.9 Å². The first-order valence-corrected chi connectivity index (χ1v) is 8.21. The molecule has 5 nitrogen and oxygen atoms in total. The van der Waals surface area contributed by atoms with Crippen LogP contribution in [0.2, 0.25) is 0 Å². The van der Waals surface area contributed by atoms with Gasteiger partial charge in [0.2, 0.25) is 5.91 Å². The van der Waals surface area contributed by atoms with Crippen LogP contribution < -0.4 is 11.1 Å². The zero-order chi connectivity index (χ0) is 14.6. The summed E-state index contributed by atoms with van der Waals surface area (Å²) in [5, 5.41) is 1.41. The second kappa shape index (κ2) is 6.38. The first kappa shape index (κ1) is 16.0. The van der Waals surface area contributed by atoms with Crippen LogP contribution in [-0.4, -0.2) is 26.1 Å². The van der Waals surface area contributed by atoms with Gasteiger partial charge >= 0.3 is 0 Å². The fraction of sp³-hybridized carbons (Fsp3) is 0.417. The van der Waals surface area contributed by atoms with Crippen molar-refractivity contribution in [3.63, 3.8) is 0 Å². The minimum Gasteiger partial charge on any atom is -0.398 e. The predicted molar refractivity (Wildman–Crippen MR) is 78.5 cm³/mol. The quantitative estimate of drug-likeness (QED) is 0.792. The molecule has 106 valence electrons. The highest BCUT2D eigenvalue weighted by Crippen LogP contribution is 2.26. The Morgan fingerprint density at radius 2 is 2.11 bits per heavy atom. The van der Waals surface area contributed by atoms with E-state index in [1.54, 1.807) is 6.07 Å². The molecule has 0 saturated carbocycles. The lowest BCUT2D eigenvalue weighted by Crippen LogP contribution is -2.38. The lowest BCUT2D eigenvalue weighted by Gasteiger charge is -2.14. The van der Waals surface area contributed by atoms with Gasteiger partial charge in [0, 0.05) is 11.0 Å². The van der Waals surface area contributed by atoms with Gasteiger partial charge in [0.15, 0.2) is 9.84 Å². The molecule has 1 unspecified atom stereocenters. The van der Waals surface area contributed by atoms with Gasteiger partial charge in [-0.25, -0.2) is 8.42 Å². The van der Waals surface area contributed by atoms with Gasteiger partial charge in [0.05, 0.1) is 10.6 Å². The summed E-state index contributed by atoms with van der Waals surface area (Å²) in [7, 11) is -3.77. The first-order chi connectivity index (χ1) is 8.80. The Hall–Kier alpha value is -1.08. The summed E-state index contributed by atoms with van der Waals surface area (Å²) in [4.78, 5) is 11.7. The highest BCUT2D eigenvalue weighted by molar-refractivity contribution is 9.10. The number of hydrogen-bond acceptors (Lipinski definition) is 4. The molecule has 0 aromatic heterocycles. The zero-order valence-electron chi connectivity index (χ0n) is 10.8. The normalized spacial score (nSPS) is 13.0. The Balaban J connectivity index is 3.06. The summed E-state index contributed by atoms with van der Waals surface area (Å²) < 4.78 is 25.3. The molecule has 0 fully saturated rings. The molecule has 0 heterocycles. The molecular weight excluding hydrogens is 332 g/mol. The van der Waals surface area contributed by atoms with Crippen LogP contribution in [0.4, 0.5) is 5.69 Å². The Labute approximate surface area is 121 Å². The van der Waals surface area contributed by atoms with Crippen LogP contribution in [0.3, 0.4) is 0 Å². The summed E-state index contributed by atoms with van der Waals surface area (Å²) in [6.07, 6.45) is 0.749. The van der Waals surface area contributed by atoms with E-state index in [2.05, 4.69) is 21.2 Å². The molecule has 1 atom stereocenters. The number of amides is 1. The van der Waals surface area contributed by atoms with Gasteiger partial charge in [0.1, 0.15) is 5.25 Å². The van der Waals surface area contributed by atoms with Crippen molar-refractivity contribution in [3.05, 3.63) is 22.7 Å². The van der Waals surface area contributed by atoms with E-state index in [1.807, 2.05) is 6.92 Å². The summed E-state index contributed by atoms with van der Waals surface area (Å²) in [5.41, 5.74) is 5.83. The minimum absolute atomic E-state index is 0.0187. The van der Waals surface area contributed by atoms with Crippen molar-refractivity contribution < 1.29 is 13.2 Å². The molecule has 0 aliphatic carbocycles. The largest absolute Gasteiger partial charge is 0.398 e. The topological polar surface area (TPSA) is 89.3 Å². The van der Waals surface area contributed by atoms with Crippen LogP contribution in [0.15, 0.2) is 27.6 Å². The highest BCUT2D eigenvalue weighted by Gasteiger charge is 2.30. The van der Waals surface area contributed by atoms with E-state index < -0.39 is 21.0 Å². The average molecular weight is 349 g/mol. The number of nitrogens with two attached hydrogens (primary N) is 1. The second-order valence-corrected chi connectivity index (χ2v) is 7.31. The zero-order valence-corrected chi connectivity index (χ0v) is 13.2. The lowest BCUT2D eigenvalue weighted by molar-refractivity contribution is -0.120. The number of nitrogen functional groups attached to an aromatic ring is 1. The molecular formula is C12H17BrN2O3S. The smallest absolute Gasteiger partial charge is 0.238 e. The maximum atomic E-state index is 12.3. The number of benzene rings is 1. The SMILES string of the molecule is CCCNC(=O)C(C)S(=O)(=O)c1ccc(Br)cc1N. The van der Waals surface area contributed by atoms with Crippen molar-refractivity contribution in [1.82, 2.24) is 5.32 Å². The molecule has 0 aliphatic rings. The van der Waals surface area contributed by atoms with Crippen molar-refractivity contribution in [2.24, 2.45) is 0 Å². The Morgan fingerprint density at radius 3 is 2.63 bits per heavy atom. The van der Waals surface area contributed by atoms with Crippen molar-refractivity contribution in [2.45, 2.75) is 30.4 Å². The number of halogens is 1. The van der Waals surface area contributed by atoms with E-state index in [0.29, 0.717) is 11.0 Å². The standard InChI is InChI=1S/C12H17BrN2O3S/c1-3-6-15-12(16)8(2)19(17,18)11-5-4-9(13)7-10(11)14/h4-5,7-8H,3,6,14H2,1-2H3,(H,15,16). The van der Waals surface area contributed by atoms with Crippen LogP contribution in [0.25, 0.3) is 0 Å².